The van der Waals surface area contributed by atoms with Crippen molar-refractivity contribution in [1.82, 2.24) is 5.06 Å². The van der Waals surface area contributed by atoms with Gasteiger partial charge in [-0.1, -0.05) is 18.6 Å². The molecule has 1 rings (SSSR count). The molecule has 1 aliphatic rings. The zero-order valence-electron chi connectivity index (χ0n) is 5.50. The van der Waals surface area contributed by atoms with Gasteiger partial charge in [0.25, 0.3) is 0 Å². The first-order valence-corrected chi connectivity index (χ1v) is 3.13. The fourth-order valence-electron chi connectivity index (χ4n) is 0.810. The number of allylic oxidation sites excluding steroid dienone is 2. The van der Waals surface area contributed by atoms with Crippen LogP contribution in [0.3, 0.4) is 0 Å². The van der Waals surface area contributed by atoms with Crippen LogP contribution in [-0.2, 0) is 0 Å². The Balaban J connectivity index is 2.55. The number of nitrogens with zero attached hydrogens (tertiary/aromatic N) is 1. The summed E-state index contributed by atoms with van der Waals surface area (Å²) in [5.74, 6) is 0. The third-order valence-electron chi connectivity index (χ3n) is 1.40. The Morgan fingerprint density at radius 3 is 3.00 bits per heavy atom. The molecule has 0 aromatic heterocycles. The molecule has 1 heterocycles. The van der Waals surface area contributed by atoms with E-state index in [-0.39, 0.29) is 0 Å². The maximum Gasteiger partial charge on any atom is 0.0273 e. The molecule has 50 valence electrons. The van der Waals surface area contributed by atoms with Gasteiger partial charge >= 0.3 is 0 Å². The van der Waals surface area contributed by atoms with Crippen molar-refractivity contribution >= 4 is 0 Å². The van der Waals surface area contributed by atoms with Gasteiger partial charge in [-0.15, -0.1) is 0 Å². The van der Waals surface area contributed by atoms with Crippen molar-refractivity contribution in [2.45, 2.75) is 13.3 Å². The van der Waals surface area contributed by atoms with E-state index < -0.39 is 0 Å². The second-order valence-electron chi connectivity index (χ2n) is 2.10. The van der Waals surface area contributed by atoms with Crippen LogP contribution >= 0.6 is 0 Å². The van der Waals surface area contributed by atoms with Crippen LogP contribution in [0.5, 0.6) is 0 Å². The van der Waals surface area contributed by atoms with Crippen molar-refractivity contribution < 1.29 is 0 Å². The maximum absolute atomic E-state index is 10.6. The standard InChI is InChI=1S/C7H10NO/c1-2-7-4-3-5-8(9)6-7/h3-5H,2,6H2,1H3/q-1. The molecule has 0 radical (unpaired) electrons. The van der Waals surface area contributed by atoms with Crippen molar-refractivity contribution in [3.63, 3.8) is 0 Å². The molecule has 0 amide bonds. The Morgan fingerprint density at radius 1 is 1.78 bits per heavy atom. The van der Waals surface area contributed by atoms with Gasteiger partial charge in [0.15, 0.2) is 0 Å². The largest absolute Gasteiger partial charge is 0.758 e. The number of hydroxylamine groups is 2. The molecule has 0 aliphatic carbocycles. The number of rotatable bonds is 1. The third-order valence-corrected chi connectivity index (χ3v) is 1.40. The van der Waals surface area contributed by atoms with Crippen molar-refractivity contribution in [3.8, 4) is 0 Å². The fraction of sp³-hybridized carbons (Fsp3) is 0.429. The molecule has 0 aromatic carbocycles. The van der Waals surface area contributed by atoms with Gasteiger partial charge in [-0.2, -0.15) is 0 Å². The van der Waals surface area contributed by atoms with Crippen LogP contribution < -0.4 is 0 Å². The van der Waals surface area contributed by atoms with Crippen LogP contribution in [-0.4, -0.2) is 11.6 Å². The smallest absolute Gasteiger partial charge is 0.0273 e. The highest BCUT2D eigenvalue weighted by molar-refractivity contribution is 5.18. The summed E-state index contributed by atoms with van der Waals surface area (Å²) in [4.78, 5) is 0. The van der Waals surface area contributed by atoms with E-state index in [1.54, 1.807) is 12.3 Å². The van der Waals surface area contributed by atoms with E-state index in [2.05, 4.69) is 6.92 Å². The van der Waals surface area contributed by atoms with Gasteiger partial charge in [-0.3, -0.25) is 0 Å². The van der Waals surface area contributed by atoms with E-state index in [0.717, 1.165) is 11.5 Å². The topological polar surface area (TPSA) is 26.3 Å². The van der Waals surface area contributed by atoms with E-state index in [4.69, 9.17) is 0 Å². The van der Waals surface area contributed by atoms with Crippen LogP contribution in [0.2, 0.25) is 0 Å². The Kier molecular flexibility index (Phi) is 1.90. The van der Waals surface area contributed by atoms with Crippen LogP contribution in [0.1, 0.15) is 13.3 Å². The summed E-state index contributed by atoms with van der Waals surface area (Å²) in [5.41, 5.74) is 1.20. The van der Waals surface area contributed by atoms with Crippen molar-refractivity contribution in [2.75, 3.05) is 6.54 Å². The molecule has 1 aliphatic heterocycles. The fourth-order valence-corrected chi connectivity index (χ4v) is 0.810. The highest BCUT2D eigenvalue weighted by atomic mass is 16.5. The molecule has 0 aromatic rings. The van der Waals surface area contributed by atoms with Gasteiger partial charge in [0.2, 0.25) is 0 Å². The molecular formula is C7H10NO-. The Hall–Kier alpha value is -0.760. The summed E-state index contributed by atoms with van der Waals surface area (Å²) in [5, 5.41) is 11.6. The lowest BCUT2D eigenvalue weighted by Gasteiger charge is -2.29. The molecular weight excluding hydrogens is 114 g/mol. The zero-order chi connectivity index (χ0) is 6.69. The highest BCUT2D eigenvalue weighted by Gasteiger charge is 1.95. The minimum absolute atomic E-state index is 0.549. The molecule has 2 nitrogen and oxygen atoms in total. The van der Waals surface area contributed by atoms with Crippen LogP contribution in [0, 0.1) is 5.21 Å². The second kappa shape index (κ2) is 2.69. The quantitative estimate of drug-likeness (QED) is 0.531. The third kappa shape index (κ3) is 1.57. The van der Waals surface area contributed by atoms with Gasteiger partial charge in [0.1, 0.15) is 0 Å². The van der Waals surface area contributed by atoms with Gasteiger partial charge in [0.05, 0.1) is 0 Å². The SMILES string of the molecule is CCC1=CC=CN([O-])C1. The Bertz CT molecular complexity index is 149. The Labute approximate surface area is 55.1 Å². The molecule has 0 saturated carbocycles. The van der Waals surface area contributed by atoms with E-state index in [9.17, 15) is 5.21 Å². The lowest BCUT2D eigenvalue weighted by atomic mass is 10.1. The number of hydrogen-bond donors (Lipinski definition) is 0. The average Bonchev–Trinajstić information content (AvgIpc) is 1.88. The minimum Gasteiger partial charge on any atom is -0.758 e. The van der Waals surface area contributed by atoms with Crippen molar-refractivity contribution in [1.29, 1.82) is 0 Å². The summed E-state index contributed by atoms with van der Waals surface area (Å²) in [6.07, 6.45) is 6.30. The monoisotopic (exact) mass is 124 g/mol. The van der Waals surface area contributed by atoms with Gasteiger partial charge in [0, 0.05) is 6.54 Å². The van der Waals surface area contributed by atoms with E-state index in [1.165, 1.54) is 5.57 Å². The minimum atomic E-state index is 0.549. The van der Waals surface area contributed by atoms with Crippen LogP contribution in [0.4, 0.5) is 0 Å². The predicted octanol–water partition coefficient (Wildman–Crippen LogP) is 1.65. The van der Waals surface area contributed by atoms with Crippen LogP contribution in [0.15, 0.2) is 23.9 Å². The molecule has 0 N–H and O–H groups in total. The zero-order valence-corrected chi connectivity index (χ0v) is 5.50. The van der Waals surface area contributed by atoms with E-state index >= 15 is 0 Å². The normalized spacial score (nSPS) is 18.0. The summed E-state index contributed by atoms with van der Waals surface area (Å²) >= 11 is 0. The molecule has 2 heteroatoms. The molecule has 9 heavy (non-hydrogen) atoms. The first-order valence-electron chi connectivity index (χ1n) is 3.13. The lowest BCUT2D eigenvalue weighted by Crippen LogP contribution is -2.14. The maximum atomic E-state index is 10.6. The van der Waals surface area contributed by atoms with Gasteiger partial charge in [-0.05, 0) is 18.7 Å². The molecule has 0 spiro atoms. The van der Waals surface area contributed by atoms with E-state index in [1.807, 2.05) is 6.08 Å². The van der Waals surface area contributed by atoms with Crippen molar-refractivity contribution in [2.24, 2.45) is 0 Å². The number of hydrogen-bond acceptors (Lipinski definition) is 2. The van der Waals surface area contributed by atoms with Gasteiger partial charge < -0.3 is 10.3 Å². The predicted molar refractivity (Wildman–Crippen MR) is 37.6 cm³/mol. The summed E-state index contributed by atoms with van der Waals surface area (Å²) in [7, 11) is 0. The molecule has 0 saturated heterocycles. The summed E-state index contributed by atoms with van der Waals surface area (Å²) < 4.78 is 0. The average molecular weight is 124 g/mol. The molecule has 0 unspecified atom stereocenters. The van der Waals surface area contributed by atoms with Crippen LogP contribution in [0.25, 0.3) is 0 Å². The highest BCUT2D eigenvalue weighted by Crippen LogP contribution is 2.08. The second-order valence-corrected chi connectivity index (χ2v) is 2.10. The molecule has 0 fully saturated rings. The Morgan fingerprint density at radius 2 is 2.56 bits per heavy atom. The van der Waals surface area contributed by atoms with Gasteiger partial charge in [-0.25, -0.2) is 0 Å². The molecule has 0 atom stereocenters. The lowest BCUT2D eigenvalue weighted by molar-refractivity contribution is 0.539. The van der Waals surface area contributed by atoms with Crippen molar-refractivity contribution in [3.05, 3.63) is 29.1 Å². The first kappa shape index (κ1) is 6.36. The first-order chi connectivity index (χ1) is 4.33. The summed E-state index contributed by atoms with van der Waals surface area (Å²) in [6.45, 7) is 2.60. The summed E-state index contributed by atoms with van der Waals surface area (Å²) in [6, 6.07) is 0. The van der Waals surface area contributed by atoms with E-state index in [0.29, 0.717) is 6.54 Å². The molecule has 0 bridgehead atoms.